The molecule has 2 aromatic rings. The Bertz CT molecular complexity index is 976. The Balaban J connectivity index is 1.95. The maximum atomic E-state index is 13.1. The fraction of sp³-hybridized carbons (Fsp3) is 0.533. The Morgan fingerprint density at radius 2 is 2.00 bits per heavy atom. The molecule has 10 heteroatoms. The van der Waals surface area contributed by atoms with E-state index in [4.69, 9.17) is 0 Å². The smallest absolute Gasteiger partial charge is 0.246 e. The van der Waals surface area contributed by atoms with Crippen molar-refractivity contribution in [2.24, 2.45) is 7.05 Å². The number of sulfonamides is 1. The molecular weight excluding hydrogens is 382 g/mol. The summed E-state index contributed by atoms with van der Waals surface area (Å²) < 4.78 is 54.2. The third kappa shape index (κ3) is 3.27. The highest BCUT2D eigenvalue weighted by atomic mass is 32.2. The fourth-order valence-corrected chi connectivity index (χ4v) is 8.19. The molecule has 1 unspecified atom stereocenters. The van der Waals surface area contributed by atoms with Crippen molar-refractivity contribution in [3.63, 3.8) is 0 Å². The van der Waals surface area contributed by atoms with E-state index in [-0.39, 0.29) is 30.2 Å². The highest BCUT2D eigenvalue weighted by Gasteiger charge is 2.37. The van der Waals surface area contributed by atoms with Crippen molar-refractivity contribution in [1.82, 2.24) is 14.1 Å². The molecular formula is C15H21N3O4S3. The van der Waals surface area contributed by atoms with Crippen LogP contribution in [0.25, 0.3) is 0 Å². The Kier molecular flexibility index (Phi) is 4.82. The summed E-state index contributed by atoms with van der Waals surface area (Å²) in [5.74, 6) is -0.173. The molecule has 0 aromatic carbocycles. The van der Waals surface area contributed by atoms with Gasteiger partial charge in [0.05, 0.1) is 22.4 Å². The number of hydrogen-bond acceptors (Lipinski definition) is 6. The lowest BCUT2D eigenvalue weighted by molar-refractivity contribution is 0.427. The van der Waals surface area contributed by atoms with E-state index in [9.17, 15) is 16.8 Å². The maximum absolute atomic E-state index is 13.1. The fourth-order valence-electron chi connectivity index (χ4n) is 3.21. The number of aromatic nitrogens is 2. The second kappa shape index (κ2) is 6.49. The summed E-state index contributed by atoms with van der Waals surface area (Å²) in [6.45, 7) is 3.51. The zero-order valence-electron chi connectivity index (χ0n) is 14.3. The molecule has 2 aromatic heterocycles. The number of hydrogen-bond donors (Lipinski definition) is 0. The summed E-state index contributed by atoms with van der Waals surface area (Å²) in [4.78, 5) is 0.954. The van der Waals surface area contributed by atoms with Crippen molar-refractivity contribution in [1.29, 1.82) is 0 Å². The first-order chi connectivity index (χ1) is 11.6. The molecule has 1 aliphatic rings. The molecule has 0 aliphatic carbocycles. The summed E-state index contributed by atoms with van der Waals surface area (Å²) in [5.41, 5.74) is 0.987. The summed E-state index contributed by atoms with van der Waals surface area (Å²) in [6, 6.07) is 3.61. The summed E-state index contributed by atoms with van der Waals surface area (Å²) in [6.07, 6.45) is 0.264. The van der Waals surface area contributed by atoms with Crippen LogP contribution >= 0.6 is 11.3 Å². The van der Waals surface area contributed by atoms with Crippen molar-refractivity contribution < 1.29 is 16.8 Å². The molecule has 1 aliphatic heterocycles. The van der Waals surface area contributed by atoms with Crippen LogP contribution in [0.2, 0.25) is 0 Å². The third-order valence-corrected chi connectivity index (χ3v) is 10.00. The Morgan fingerprint density at radius 3 is 2.56 bits per heavy atom. The highest BCUT2D eigenvalue weighted by Crippen LogP contribution is 2.34. The second-order valence-corrected chi connectivity index (χ2v) is 11.3. The van der Waals surface area contributed by atoms with Crippen molar-refractivity contribution in [2.75, 3.05) is 18.8 Å². The van der Waals surface area contributed by atoms with Crippen LogP contribution in [0.1, 0.15) is 27.9 Å². The van der Waals surface area contributed by atoms with Gasteiger partial charge < -0.3 is 0 Å². The molecule has 3 heterocycles. The SMILES string of the molecule is Cc1nn(C)c(C)c1S(=O)(=O)N1CCC(c2cccs2)S(=O)(=O)CC1. The van der Waals surface area contributed by atoms with Crippen LogP contribution < -0.4 is 0 Å². The van der Waals surface area contributed by atoms with Crippen LogP contribution in [0.4, 0.5) is 0 Å². The minimum atomic E-state index is -3.78. The average molecular weight is 404 g/mol. The lowest BCUT2D eigenvalue weighted by atomic mass is 10.2. The van der Waals surface area contributed by atoms with Crippen molar-refractivity contribution in [3.8, 4) is 0 Å². The molecule has 0 bridgehead atoms. The van der Waals surface area contributed by atoms with E-state index >= 15 is 0 Å². The minimum Gasteiger partial charge on any atom is -0.271 e. The van der Waals surface area contributed by atoms with Crippen molar-refractivity contribution in [3.05, 3.63) is 33.8 Å². The Labute approximate surface area is 152 Å². The number of aryl methyl sites for hydroxylation is 2. The zero-order chi connectivity index (χ0) is 18.4. The van der Waals surface area contributed by atoms with Crippen LogP contribution in [0.5, 0.6) is 0 Å². The normalized spacial score (nSPS) is 22.0. The average Bonchev–Trinajstić information content (AvgIpc) is 3.07. The number of nitrogens with zero attached hydrogens (tertiary/aromatic N) is 3. The van der Waals surface area contributed by atoms with Gasteiger partial charge in [-0.2, -0.15) is 9.40 Å². The van der Waals surface area contributed by atoms with E-state index in [0.29, 0.717) is 11.4 Å². The van der Waals surface area contributed by atoms with Crippen LogP contribution in [-0.4, -0.2) is 49.8 Å². The van der Waals surface area contributed by atoms with Gasteiger partial charge in [-0.15, -0.1) is 11.3 Å². The van der Waals surface area contributed by atoms with E-state index in [1.807, 2.05) is 11.4 Å². The maximum Gasteiger partial charge on any atom is 0.246 e. The third-order valence-electron chi connectivity index (χ3n) is 4.60. The van der Waals surface area contributed by atoms with E-state index in [0.717, 1.165) is 4.88 Å². The Hall–Kier alpha value is -1.23. The van der Waals surface area contributed by atoms with Gasteiger partial charge in [0, 0.05) is 25.0 Å². The van der Waals surface area contributed by atoms with E-state index in [2.05, 4.69) is 5.10 Å². The van der Waals surface area contributed by atoms with Gasteiger partial charge >= 0.3 is 0 Å². The van der Waals surface area contributed by atoms with Gasteiger partial charge in [0.15, 0.2) is 9.84 Å². The number of thiophene rings is 1. The molecule has 1 fully saturated rings. The van der Waals surface area contributed by atoms with Crippen LogP contribution in [0, 0.1) is 13.8 Å². The highest BCUT2D eigenvalue weighted by molar-refractivity contribution is 7.92. The largest absolute Gasteiger partial charge is 0.271 e. The molecule has 1 atom stereocenters. The van der Waals surface area contributed by atoms with Gasteiger partial charge in [-0.25, -0.2) is 16.8 Å². The van der Waals surface area contributed by atoms with Crippen molar-refractivity contribution in [2.45, 2.75) is 30.4 Å². The van der Waals surface area contributed by atoms with Gasteiger partial charge in [0.1, 0.15) is 4.90 Å². The van der Waals surface area contributed by atoms with Crippen LogP contribution in [-0.2, 0) is 26.9 Å². The first-order valence-corrected chi connectivity index (χ1v) is 11.9. The lowest BCUT2D eigenvalue weighted by Crippen LogP contribution is -2.34. The second-order valence-electron chi connectivity index (χ2n) is 6.19. The number of sulfone groups is 1. The molecule has 25 heavy (non-hydrogen) atoms. The molecule has 0 saturated carbocycles. The van der Waals surface area contributed by atoms with Gasteiger partial charge in [-0.1, -0.05) is 6.07 Å². The summed E-state index contributed by atoms with van der Waals surface area (Å²) >= 11 is 1.39. The van der Waals surface area contributed by atoms with Crippen molar-refractivity contribution >= 4 is 31.2 Å². The Morgan fingerprint density at radius 1 is 1.28 bits per heavy atom. The van der Waals surface area contributed by atoms with E-state index < -0.39 is 25.1 Å². The lowest BCUT2D eigenvalue weighted by Gasteiger charge is -2.19. The molecule has 0 spiro atoms. The predicted molar refractivity (Wildman–Crippen MR) is 96.9 cm³/mol. The van der Waals surface area contributed by atoms with Gasteiger partial charge in [-0.05, 0) is 31.7 Å². The topological polar surface area (TPSA) is 89.3 Å². The molecule has 0 radical (unpaired) electrons. The van der Waals surface area contributed by atoms with E-state index in [1.54, 1.807) is 27.0 Å². The number of rotatable bonds is 3. The molecule has 0 N–H and O–H groups in total. The molecule has 0 amide bonds. The monoisotopic (exact) mass is 403 g/mol. The standard InChI is InChI=1S/C15H21N3O4S3/c1-11-15(12(2)17(3)16-11)25(21,22)18-7-6-14(13-5-4-9-23-13)24(19,20)10-8-18/h4-5,9,14H,6-8,10H2,1-3H3. The van der Waals surface area contributed by atoms with Gasteiger partial charge in [0.25, 0.3) is 0 Å². The molecule has 1 saturated heterocycles. The van der Waals surface area contributed by atoms with Crippen LogP contribution in [0.15, 0.2) is 22.4 Å². The first kappa shape index (κ1) is 18.6. The molecule has 3 rings (SSSR count). The van der Waals surface area contributed by atoms with E-state index in [1.165, 1.54) is 20.3 Å². The van der Waals surface area contributed by atoms with Crippen LogP contribution in [0.3, 0.4) is 0 Å². The minimum absolute atomic E-state index is 0.0275. The summed E-state index contributed by atoms with van der Waals surface area (Å²) in [5, 5.41) is 5.38. The van der Waals surface area contributed by atoms with Gasteiger partial charge in [-0.3, -0.25) is 4.68 Å². The van der Waals surface area contributed by atoms with Gasteiger partial charge in [0.2, 0.25) is 10.0 Å². The molecule has 138 valence electrons. The molecule has 7 nitrogen and oxygen atoms in total. The first-order valence-electron chi connectivity index (χ1n) is 7.90. The summed E-state index contributed by atoms with van der Waals surface area (Å²) in [7, 11) is -5.47. The quantitative estimate of drug-likeness (QED) is 0.777. The zero-order valence-corrected chi connectivity index (χ0v) is 16.8. The predicted octanol–water partition coefficient (Wildman–Crippen LogP) is 1.65.